The molecule has 0 spiro atoms. The lowest BCUT2D eigenvalue weighted by Gasteiger charge is -2.41. The molecule has 1 aliphatic heterocycles. The molecule has 2 aromatic rings. The van der Waals surface area contributed by atoms with E-state index in [0.717, 1.165) is 32.1 Å². The first-order chi connectivity index (χ1) is 17.6. The van der Waals surface area contributed by atoms with E-state index >= 15 is 0 Å². The third-order valence-corrected chi connectivity index (χ3v) is 8.29. The smallest absolute Gasteiger partial charge is 0.260 e. The highest BCUT2D eigenvalue weighted by molar-refractivity contribution is 6.30. The topological polar surface area (TPSA) is 61.9 Å². The molecule has 2 fully saturated rings. The van der Waals surface area contributed by atoms with Crippen molar-refractivity contribution in [2.75, 3.05) is 32.8 Å². The number of amides is 2. The Balaban J connectivity index is 1.19. The maximum absolute atomic E-state index is 13.7. The van der Waals surface area contributed by atoms with E-state index in [9.17, 15) is 9.59 Å². The number of halogens is 1. The van der Waals surface area contributed by atoms with E-state index in [0.29, 0.717) is 42.9 Å². The van der Waals surface area contributed by atoms with Gasteiger partial charge < -0.3 is 15.0 Å². The van der Waals surface area contributed by atoms with Crippen molar-refractivity contribution in [2.24, 2.45) is 5.92 Å². The summed E-state index contributed by atoms with van der Waals surface area (Å²) in [5, 5.41) is 4.07. The van der Waals surface area contributed by atoms with Crippen LogP contribution in [0.2, 0.25) is 5.02 Å². The first-order valence-electron chi connectivity index (χ1n) is 13.4. The van der Waals surface area contributed by atoms with E-state index in [-0.39, 0.29) is 30.5 Å². The molecule has 1 heterocycles. The Labute approximate surface area is 218 Å². The number of aryl methyl sites for hydroxylation is 1. The Morgan fingerprint density at radius 2 is 1.67 bits per heavy atom. The maximum Gasteiger partial charge on any atom is 0.260 e. The van der Waals surface area contributed by atoms with Crippen LogP contribution in [0.15, 0.2) is 48.5 Å². The normalized spacial score (nSPS) is 21.6. The maximum atomic E-state index is 13.7. The number of rotatable bonds is 7. The van der Waals surface area contributed by atoms with Crippen LogP contribution in [0.1, 0.15) is 55.7 Å². The fourth-order valence-electron chi connectivity index (χ4n) is 6.13. The van der Waals surface area contributed by atoms with Crippen molar-refractivity contribution >= 4 is 23.4 Å². The highest BCUT2D eigenvalue weighted by Gasteiger charge is 2.38. The van der Waals surface area contributed by atoms with Crippen LogP contribution in [-0.2, 0) is 16.0 Å². The number of benzene rings is 2. The standard InChI is InChI=1S/C29H36ClN3O3/c30-23-12-14-24(15-13-23)36-20-27(34)32-16-18-33(19-17-32)28(22-7-1-2-8-22)29(35)31-26-11-5-9-21-6-3-4-10-25(21)26/h3-4,6,10,12-15,22,26,28H,1-2,5,7-9,11,16-20H2,(H,31,35)/t26-,28+/m1/s1. The van der Waals surface area contributed by atoms with Crippen LogP contribution >= 0.6 is 11.6 Å². The predicted octanol–water partition coefficient (Wildman–Crippen LogP) is 4.62. The van der Waals surface area contributed by atoms with Gasteiger partial charge in [-0.15, -0.1) is 0 Å². The molecular formula is C29H36ClN3O3. The summed E-state index contributed by atoms with van der Waals surface area (Å²) in [6.45, 7) is 2.66. The molecule has 1 saturated heterocycles. The molecule has 0 radical (unpaired) electrons. The molecule has 1 saturated carbocycles. The number of nitrogens with zero attached hydrogens (tertiary/aromatic N) is 2. The molecule has 2 atom stereocenters. The van der Waals surface area contributed by atoms with Crippen molar-refractivity contribution < 1.29 is 14.3 Å². The third kappa shape index (κ3) is 5.87. The van der Waals surface area contributed by atoms with Gasteiger partial charge in [-0.05, 0) is 73.4 Å². The second-order valence-corrected chi connectivity index (χ2v) is 10.7. The predicted molar refractivity (Wildman–Crippen MR) is 141 cm³/mol. The summed E-state index contributed by atoms with van der Waals surface area (Å²) in [5.74, 6) is 1.16. The largest absolute Gasteiger partial charge is 0.484 e. The number of fused-ring (bicyclic) bond motifs is 1. The molecule has 6 nitrogen and oxygen atoms in total. The minimum Gasteiger partial charge on any atom is -0.484 e. The first kappa shape index (κ1) is 25.1. The highest BCUT2D eigenvalue weighted by Crippen LogP contribution is 2.33. The molecule has 7 heteroatoms. The van der Waals surface area contributed by atoms with Crippen molar-refractivity contribution in [1.82, 2.24) is 15.1 Å². The Hall–Kier alpha value is -2.57. The molecule has 3 aliphatic rings. The summed E-state index contributed by atoms with van der Waals surface area (Å²) in [6.07, 6.45) is 7.79. The SMILES string of the molecule is O=C(N[C@@H]1CCCc2ccccc21)[C@H](C1CCCC1)N1CCN(C(=O)COc2ccc(Cl)cc2)CC1. The molecule has 5 rings (SSSR count). The van der Waals surface area contributed by atoms with E-state index < -0.39 is 0 Å². The highest BCUT2D eigenvalue weighted by atomic mass is 35.5. The van der Waals surface area contributed by atoms with Gasteiger partial charge in [-0.2, -0.15) is 0 Å². The van der Waals surface area contributed by atoms with Gasteiger partial charge in [0, 0.05) is 31.2 Å². The zero-order valence-electron chi connectivity index (χ0n) is 20.8. The summed E-state index contributed by atoms with van der Waals surface area (Å²) < 4.78 is 5.66. The minimum absolute atomic E-state index is 0.00919. The molecule has 1 N–H and O–H groups in total. The lowest BCUT2D eigenvalue weighted by Crippen LogP contribution is -2.58. The summed E-state index contributed by atoms with van der Waals surface area (Å²) >= 11 is 5.92. The van der Waals surface area contributed by atoms with Crippen LogP contribution in [0.3, 0.4) is 0 Å². The summed E-state index contributed by atoms with van der Waals surface area (Å²) in [4.78, 5) is 30.7. The molecule has 0 aromatic heterocycles. The van der Waals surface area contributed by atoms with E-state index in [4.69, 9.17) is 16.3 Å². The molecule has 2 amide bonds. The Morgan fingerprint density at radius 3 is 2.42 bits per heavy atom. The second-order valence-electron chi connectivity index (χ2n) is 10.3. The van der Waals surface area contributed by atoms with E-state index in [2.05, 4.69) is 34.5 Å². The quantitative estimate of drug-likeness (QED) is 0.592. The van der Waals surface area contributed by atoms with Crippen LogP contribution < -0.4 is 10.1 Å². The number of ether oxygens (including phenoxy) is 1. The number of hydrogen-bond donors (Lipinski definition) is 1. The number of nitrogens with one attached hydrogen (secondary N) is 1. The van der Waals surface area contributed by atoms with Crippen molar-refractivity contribution in [1.29, 1.82) is 0 Å². The Kier molecular flexibility index (Phi) is 8.12. The molecule has 0 bridgehead atoms. The second kappa shape index (κ2) is 11.7. The summed E-state index contributed by atoms with van der Waals surface area (Å²) in [7, 11) is 0. The summed E-state index contributed by atoms with van der Waals surface area (Å²) in [5.41, 5.74) is 2.64. The lowest BCUT2D eigenvalue weighted by molar-refractivity contribution is -0.137. The molecule has 2 aromatic carbocycles. The van der Waals surface area contributed by atoms with Gasteiger partial charge >= 0.3 is 0 Å². The van der Waals surface area contributed by atoms with Crippen molar-refractivity contribution in [3.63, 3.8) is 0 Å². The van der Waals surface area contributed by atoms with Crippen LogP contribution in [0.5, 0.6) is 5.75 Å². The molecule has 2 aliphatic carbocycles. The zero-order valence-corrected chi connectivity index (χ0v) is 21.6. The van der Waals surface area contributed by atoms with Crippen LogP contribution in [0, 0.1) is 5.92 Å². The van der Waals surface area contributed by atoms with Crippen LogP contribution in [0.25, 0.3) is 0 Å². The number of hydrogen-bond acceptors (Lipinski definition) is 4. The zero-order chi connectivity index (χ0) is 24.9. The van der Waals surface area contributed by atoms with E-state index in [1.807, 2.05) is 4.90 Å². The van der Waals surface area contributed by atoms with Gasteiger partial charge in [-0.1, -0.05) is 48.7 Å². The molecule has 0 unspecified atom stereocenters. The molecule has 36 heavy (non-hydrogen) atoms. The van der Waals surface area contributed by atoms with Gasteiger partial charge in [0.2, 0.25) is 5.91 Å². The average molecular weight is 510 g/mol. The minimum atomic E-state index is -0.121. The van der Waals surface area contributed by atoms with Gasteiger partial charge in [0.1, 0.15) is 5.75 Å². The molecule has 192 valence electrons. The van der Waals surface area contributed by atoms with Crippen molar-refractivity contribution in [3.8, 4) is 5.75 Å². The van der Waals surface area contributed by atoms with E-state index in [1.54, 1.807) is 24.3 Å². The monoisotopic (exact) mass is 509 g/mol. The molecular weight excluding hydrogens is 474 g/mol. The summed E-state index contributed by atoms with van der Waals surface area (Å²) in [6, 6.07) is 15.5. The van der Waals surface area contributed by atoms with Crippen molar-refractivity contribution in [3.05, 3.63) is 64.7 Å². The van der Waals surface area contributed by atoms with Crippen molar-refractivity contribution in [2.45, 2.75) is 57.0 Å². The fraction of sp³-hybridized carbons (Fsp3) is 0.517. The first-order valence-corrected chi connectivity index (χ1v) is 13.7. The van der Waals surface area contributed by atoms with Gasteiger partial charge in [0.15, 0.2) is 6.61 Å². The number of piperazine rings is 1. The van der Waals surface area contributed by atoms with Crippen LogP contribution in [-0.4, -0.2) is 60.4 Å². The lowest BCUT2D eigenvalue weighted by atomic mass is 9.87. The fourth-order valence-corrected chi connectivity index (χ4v) is 6.25. The van der Waals surface area contributed by atoms with E-state index in [1.165, 1.54) is 24.0 Å². The van der Waals surface area contributed by atoms with Gasteiger partial charge in [0.25, 0.3) is 5.91 Å². The van der Waals surface area contributed by atoms with Gasteiger partial charge in [-0.3, -0.25) is 14.5 Å². The Morgan fingerprint density at radius 1 is 0.944 bits per heavy atom. The van der Waals surface area contributed by atoms with Gasteiger partial charge in [-0.25, -0.2) is 0 Å². The Bertz CT molecular complexity index is 1050. The average Bonchev–Trinajstić information content (AvgIpc) is 3.43. The number of carbonyl (C=O) groups excluding carboxylic acids is 2. The van der Waals surface area contributed by atoms with Crippen LogP contribution in [0.4, 0.5) is 0 Å². The number of carbonyl (C=O) groups is 2. The third-order valence-electron chi connectivity index (χ3n) is 8.04. The van der Waals surface area contributed by atoms with Gasteiger partial charge in [0.05, 0.1) is 12.1 Å².